The summed E-state index contributed by atoms with van der Waals surface area (Å²) in [6.45, 7) is 6.94. The number of amides is 3. The van der Waals surface area contributed by atoms with Crippen LogP contribution in [0, 0.1) is 11.2 Å². The van der Waals surface area contributed by atoms with E-state index in [0.717, 1.165) is 11.1 Å². The number of aromatic nitrogens is 2. The molecule has 2 N–H and O–H groups in total. The molecule has 0 unspecified atom stereocenters. The minimum absolute atomic E-state index is 0.00481. The molecule has 0 saturated heterocycles. The van der Waals surface area contributed by atoms with E-state index in [1.807, 2.05) is 6.07 Å². The van der Waals surface area contributed by atoms with E-state index in [0.29, 0.717) is 17.5 Å². The first-order valence-corrected chi connectivity index (χ1v) is 14.8. The van der Waals surface area contributed by atoms with Crippen LogP contribution >= 0.6 is 0 Å². The molecule has 0 aliphatic rings. The lowest BCUT2D eigenvalue weighted by molar-refractivity contribution is -0.125. The number of halogens is 1. The van der Waals surface area contributed by atoms with Gasteiger partial charge in [0.1, 0.15) is 11.5 Å². The maximum absolute atomic E-state index is 14.4. The normalized spacial score (nSPS) is 12.4. The van der Waals surface area contributed by atoms with Crippen molar-refractivity contribution in [2.75, 3.05) is 46.7 Å². The van der Waals surface area contributed by atoms with Gasteiger partial charge in [-0.1, -0.05) is 26.8 Å². The van der Waals surface area contributed by atoms with E-state index in [2.05, 4.69) is 31.1 Å². The van der Waals surface area contributed by atoms with Crippen LogP contribution in [-0.4, -0.2) is 84.8 Å². The predicted octanol–water partition coefficient (Wildman–Crippen LogP) is 4.55. The molecule has 2 heterocycles. The van der Waals surface area contributed by atoms with Crippen LogP contribution in [0.5, 0.6) is 0 Å². The molecule has 0 bridgehead atoms. The summed E-state index contributed by atoms with van der Waals surface area (Å²) in [5.41, 5.74) is 1.85. The zero-order valence-corrected chi connectivity index (χ0v) is 27.1. The summed E-state index contributed by atoms with van der Waals surface area (Å²) in [7, 11) is 6.27. The number of nitrogens with one attached hydrogen (secondary N) is 2. The SMILES string of the molecule is COCCN(C)C(=O)O[C@@H](CC/C=C/C(=O)N(C)C)C(=O)Nc1cccn(Cc2cc3cc(F)cc(CC(C)(C)C)c3[nH]2)c1=O. The van der Waals surface area contributed by atoms with Gasteiger partial charge in [0, 0.05) is 57.6 Å². The number of H-pyrrole nitrogens is 1. The van der Waals surface area contributed by atoms with E-state index in [1.54, 1.807) is 32.4 Å². The minimum Gasteiger partial charge on any atom is -0.436 e. The van der Waals surface area contributed by atoms with E-state index < -0.39 is 23.7 Å². The number of anilines is 1. The smallest absolute Gasteiger partial charge is 0.410 e. The molecular formula is C33H44FN5O6. The number of carbonyl (C=O) groups is 3. The molecule has 0 aliphatic heterocycles. The van der Waals surface area contributed by atoms with Crippen molar-refractivity contribution in [2.45, 2.75) is 52.7 Å². The van der Waals surface area contributed by atoms with E-state index in [4.69, 9.17) is 9.47 Å². The number of pyridine rings is 1. The van der Waals surface area contributed by atoms with Gasteiger partial charge in [0.05, 0.1) is 13.2 Å². The Morgan fingerprint density at radius 1 is 1.16 bits per heavy atom. The van der Waals surface area contributed by atoms with Crippen molar-refractivity contribution < 1.29 is 28.2 Å². The van der Waals surface area contributed by atoms with Gasteiger partial charge >= 0.3 is 6.09 Å². The first-order valence-electron chi connectivity index (χ1n) is 14.8. The number of aromatic amines is 1. The quantitative estimate of drug-likeness (QED) is 0.269. The van der Waals surface area contributed by atoms with Crippen molar-refractivity contribution in [3.8, 4) is 0 Å². The number of likely N-dealkylation sites (N-methyl/N-ethyl adjacent to an activating group) is 2. The summed E-state index contributed by atoms with van der Waals surface area (Å²) in [5, 5.41) is 3.32. The summed E-state index contributed by atoms with van der Waals surface area (Å²) in [4.78, 5) is 57.3. The summed E-state index contributed by atoms with van der Waals surface area (Å²) < 4.78 is 26.3. The lowest BCUT2D eigenvalue weighted by Crippen LogP contribution is -2.39. The maximum atomic E-state index is 14.4. The van der Waals surface area contributed by atoms with Gasteiger partial charge in [-0.05, 0) is 66.6 Å². The van der Waals surface area contributed by atoms with Gasteiger partial charge in [0.25, 0.3) is 11.5 Å². The van der Waals surface area contributed by atoms with Gasteiger partial charge in [0.15, 0.2) is 6.10 Å². The summed E-state index contributed by atoms with van der Waals surface area (Å²) in [6, 6.07) is 7.90. The zero-order valence-electron chi connectivity index (χ0n) is 27.1. The number of rotatable bonds is 13. The van der Waals surface area contributed by atoms with Crippen LogP contribution in [0.4, 0.5) is 14.9 Å². The zero-order chi connectivity index (χ0) is 33.3. The van der Waals surface area contributed by atoms with Gasteiger partial charge in [-0.25, -0.2) is 9.18 Å². The Morgan fingerprint density at radius 3 is 2.56 bits per heavy atom. The molecule has 11 nitrogen and oxygen atoms in total. The number of benzene rings is 1. The van der Waals surface area contributed by atoms with E-state index in [1.165, 1.54) is 52.8 Å². The molecule has 2 aromatic heterocycles. The fourth-order valence-corrected chi connectivity index (χ4v) is 4.64. The average Bonchev–Trinajstić information content (AvgIpc) is 3.36. The van der Waals surface area contributed by atoms with Crippen molar-refractivity contribution in [1.29, 1.82) is 0 Å². The molecule has 3 amide bonds. The molecule has 244 valence electrons. The molecule has 0 spiro atoms. The van der Waals surface area contributed by atoms with Gasteiger partial charge in [-0.2, -0.15) is 0 Å². The Hall–Kier alpha value is -4.45. The number of fused-ring (bicyclic) bond motifs is 1. The number of allylic oxidation sites excluding steroid dienone is 1. The Labute approximate surface area is 263 Å². The van der Waals surface area contributed by atoms with Crippen LogP contribution in [-0.2, 0) is 32.0 Å². The topological polar surface area (TPSA) is 126 Å². The Morgan fingerprint density at radius 2 is 1.89 bits per heavy atom. The second-order valence-corrected chi connectivity index (χ2v) is 12.4. The van der Waals surface area contributed by atoms with E-state index in [9.17, 15) is 23.6 Å². The monoisotopic (exact) mass is 625 g/mol. The highest BCUT2D eigenvalue weighted by Crippen LogP contribution is 2.28. The highest BCUT2D eigenvalue weighted by Gasteiger charge is 2.25. The maximum Gasteiger partial charge on any atom is 0.410 e. The standard InChI is InChI=1S/C33H44FN5O6/c1-33(2,3)20-23-18-24(34)17-22-19-25(35-29(22)23)21-39-14-10-11-26(31(39)42)36-30(41)27(12-8-9-13-28(40)37(4)5)45-32(43)38(6)15-16-44-7/h9-11,13-14,17-19,27,35H,8,12,15-16,20-21H2,1-7H3,(H,36,41)/b13-9+/t27-/m0/s1. The molecule has 3 rings (SSSR count). The Bertz CT molecular complexity index is 1590. The molecule has 1 atom stereocenters. The van der Waals surface area contributed by atoms with Crippen LogP contribution in [0.3, 0.4) is 0 Å². The molecule has 45 heavy (non-hydrogen) atoms. The van der Waals surface area contributed by atoms with E-state index in [-0.39, 0.29) is 55.4 Å². The van der Waals surface area contributed by atoms with Crippen molar-refractivity contribution in [1.82, 2.24) is 19.4 Å². The minimum atomic E-state index is -1.24. The number of methoxy groups -OCH3 is 1. The third kappa shape index (κ3) is 10.3. The van der Waals surface area contributed by atoms with Crippen LogP contribution < -0.4 is 10.9 Å². The second-order valence-electron chi connectivity index (χ2n) is 12.4. The fraction of sp³-hybridized carbons (Fsp3) is 0.455. The lowest BCUT2D eigenvalue weighted by Gasteiger charge is -2.22. The highest BCUT2D eigenvalue weighted by molar-refractivity contribution is 5.95. The molecule has 3 aromatic rings. The summed E-state index contributed by atoms with van der Waals surface area (Å²) in [6.07, 6.45) is 3.61. The van der Waals surface area contributed by atoms with E-state index >= 15 is 0 Å². The van der Waals surface area contributed by atoms with Gasteiger partial charge in [-0.15, -0.1) is 0 Å². The molecule has 0 radical (unpaired) electrons. The number of nitrogens with zero attached hydrogens (tertiary/aromatic N) is 3. The van der Waals surface area contributed by atoms with Crippen LogP contribution in [0.2, 0.25) is 0 Å². The third-order valence-electron chi connectivity index (χ3n) is 6.94. The second kappa shape index (κ2) is 15.5. The molecule has 0 saturated carbocycles. The van der Waals surface area contributed by atoms with Gasteiger partial charge in [-0.3, -0.25) is 14.4 Å². The van der Waals surface area contributed by atoms with Gasteiger partial charge in [0.2, 0.25) is 5.91 Å². The predicted molar refractivity (Wildman–Crippen MR) is 172 cm³/mol. The summed E-state index contributed by atoms with van der Waals surface area (Å²) in [5.74, 6) is -1.23. The number of carbonyl (C=O) groups excluding carboxylic acids is 3. The first kappa shape index (κ1) is 35.0. The molecule has 1 aromatic carbocycles. The van der Waals surface area contributed by atoms with Crippen molar-refractivity contribution in [3.63, 3.8) is 0 Å². The van der Waals surface area contributed by atoms with Crippen LogP contribution in [0.15, 0.2) is 53.5 Å². The fourth-order valence-electron chi connectivity index (χ4n) is 4.64. The average molecular weight is 626 g/mol. The van der Waals surface area contributed by atoms with Crippen molar-refractivity contribution in [2.24, 2.45) is 5.41 Å². The number of hydrogen-bond acceptors (Lipinski definition) is 6. The number of ether oxygens (including phenoxy) is 2. The molecule has 12 heteroatoms. The number of hydrogen-bond donors (Lipinski definition) is 2. The lowest BCUT2D eigenvalue weighted by atomic mass is 9.87. The van der Waals surface area contributed by atoms with Crippen molar-refractivity contribution >= 4 is 34.5 Å². The largest absolute Gasteiger partial charge is 0.436 e. The Balaban J connectivity index is 1.81. The Kier molecular flexibility index (Phi) is 12.1. The third-order valence-corrected chi connectivity index (χ3v) is 6.94. The molecule has 0 fully saturated rings. The first-order chi connectivity index (χ1) is 21.2. The van der Waals surface area contributed by atoms with Crippen LogP contribution in [0.1, 0.15) is 44.9 Å². The van der Waals surface area contributed by atoms with Crippen molar-refractivity contribution in [3.05, 3.63) is 76.1 Å². The summed E-state index contributed by atoms with van der Waals surface area (Å²) >= 11 is 0. The van der Waals surface area contributed by atoms with Gasteiger partial charge < -0.3 is 34.1 Å². The highest BCUT2D eigenvalue weighted by atomic mass is 19.1. The molecular weight excluding hydrogens is 581 g/mol. The van der Waals surface area contributed by atoms with Crippen LogP contribution in [0.25, 0.3) is 10.9 Å². The molecule has 0 aliphatic carbocycles.